The van der Waals surface area contributed by atoms with E-state index >= 15 is 0 Å². The molecule has 22 heavy (non-hydrogen) atoms. The number of carbonyl (C=O) groups is 3. The lowest BCUT2D eigenvalue weighted by Crippen LogP contribution is -2.05. The highest BCUT2D eigenvalue weighted by atomic mass is 32.1. The second-order valence-corrected chi connectivity index (χ2v) is 5.33. The van der Waals surface area contributed by atoms with E-state index in [-0.39, 0.29) is 19.8 Å². The Morgan fingerprint density at radius 1 is 0.909 bits per heavy atom. The van der Waals surface area contributed by atoms with Crippen molar-refractivity contribution in [1.29, 1.82) is 0 Å². The minimum absolute atomic E-state index is 0.0348. The van der Waals surface area contributed by atoms with Crippen molar-refractivity contribution in [3.05, 3.63) is 28.8 Å². The molecule has 0 saturated carbocycles. The minimum atomic E-state index is -0.735. The number of esters is 1. The van der Waals surface area contributed by atoms with Crippen LogP contribution in [-0.4, -0.2) is 16.6 Å². The molecule has 0 bridgehead atoms. The zero-order valence-electron chi connectivity index (χ0n) is 11.6. The molecule has 0 aliphatic heterocycles. The van der Waals surface area contributed by atoms with Crippen LogP contribution in [0.15, 0.2) is 17.0 Å². The normalized spacial score (nSPS) is 10.0. The number of hydrogen-bond acceptors (Lipinski definition) is 7. The lowest BCUT2D eigenvalue weighted by atomic mass is 10.1. The zero-order chi connectivity index (χ0) is 16.7. The van der Waals surface area contributed by atoms with Gasteiger partial charge in [-0.1, -0.05) is 25.3 Å². The summed E-state index contributed by atoms with van der Waals surface area (Å²) >= 11 is 11.4. The number of benzene rings is 1. The molecule has 0 saturated heterocycles. The van der Waals surface area contributed by atoms with E-state index in [9.17, 15) is 14.4 Å². The van der Waals surface area contributed by atoms with Gasteiger partial charge in [0.05, 0.1) is 0 Å². The van der Waals surface area contributed by atoms with Crippen molar-refractivity contribution in [2.24, 2.45) is 0 Å². The highest BCUT2D eigenvalue weighted by Gasteiger charge is 2.12. The molecule has 0 spiro atoms. The Balaban J connectivity index is 3.03. The van der Waals surface area contributed by atoms with Gasteiger partial charge in [0.2, 0.25) is 0 Å². The summed E-state index contributed by atoms with van der Waals surface area (Å²) in [7, 11) is 0. The summed E-state index contributed by atoms with van der Waals surface area (Å²) in [6, 6.07) is 3.35. The largest absolute Gasteiger partial charge is 0.461 e. The predicted octanol–water partition coefficient (Wildman–Crippen LogP) is 3.17. The Hall–Kier alpha value is -1.32. The predicted molar refractivity (Wildman–Crippen MR) is 87.5 cm³/mol. The van der Waals surface area contributed by atoms with E-state index in [1.165, 1.54) is 6.92 Å². The molecule has 0 heterocycles. The fraction of sp³-hybridized carbons (Fsp3) is 0.308. The van der Waals surface area contributed by atoms with Crippen LogP contribution in [0.4, 0.5) is 9.59 Å². The van der Waals surface area contributed by atoms with Gasteiger partial charge in [0, 0.05) is 22.9 Å². The van der Waals surface area contributed by atoms with E-state index in [2.05, 4.69) is 37.9 Å². The maximum absolute atomic E-state index is 10.9. The average molecular weight is 362 g/mol. The van der Waals surface area contributed by atoms with E-state index in [1.54, 1.807) is 12.1 Å². The summed E-state index contributed by atoms with van der Waals surface area (Å²) in [6.07, 6.45) is 0. The molecular formula is C13H14O6S3. The third-order valence-electron chi connectivity index (χ3n) is 2.47. The highest BCUT2D eigenvalue weighted by Crippen LogP contribution is 2.24. The topological polar surface area (TPSA) is 78.9 Å². The standard InChI is InChI=1S/C13H14O6S3/c1-7(14)17-4-8-2-9(5-18-12(15)21)11(20)10(3-8)6-19-13(16)22/h2-3,20H,4-6H2,1H3,(H,15,21)(H,16,22). The molecule has 0 unspecified atom stereocenters. The molecule has 0 amide bonds. The smallest absolute Gasteiger partial charge is 0.364 e. The van der Waals surface area contributed by atoms with Crippen molar-refractivity contribution in [2.75, 3.05) is 0 Å². The number of rotatable bonds is 6. The van der Waals surface area contributed by atoms with Crippen LogP contribution in [0.25, 0.3) is 0 Å². The van der Waals surface area contributed by atoms with E-state index in [0.29, 0.717) is 21.6 Å². The van der Waals surface area contributed by atoms with Crippen LogP contribution >= 0.6 is 37.9 Å². The Bertz CT molecular complexity index is 548. The summed E-state index contributed by atoms with van der Waals surface area (Å²) in [5.41, 5.74) is 1.78. The molecule has 1 rings (SSSR count). The zero-order valence-corrected chi connectivity index (χ0v) is 14.3. The van der Waals surface area contributed by atoms with Crippen LogP contribution in [0.5, 0.6) is 0 Å². The Morgan fingerprint density at radius 2 is 1.36 bits per heavy atom. The van der Waals surface area contributed by atoms with E-state index < -0.39 is 16.6 Å². The average Bonchev–Trinajstić information content (AvgIpc) is 2.42. The van der Waals surface area contributed by atoms with Crippen LogP contribution in [0.1, 0.15) is 23.6 Å². The van der Waals surface area contributed by atoms with E-state index in [1.807, 2.05) is 0 Å². The first-order valence-electron chi connectivity index (χ1n) is 5.98. The fourth-order valence-corrected chi connectivity index (χ4v) is 1.99. The summed E-state index contributed by atoms with van der Waals surface area (Å²) in [6.45, 7) is 1.21. The van der Waals surface area contributed by atoms with Crippen LogP contribution in [0.3, 0.4) is 0 Å². The van der Waals surface area contributed by atoms with Crippen molar-refractivity contribution in [3.63, 3.8) is 0 Å². The Labute approximate surface area is 143 Å². The maximum Gasteiger partial charge on any atom is 0.364 e. The maximum atomic E-state index is 10.9. The SMILES string of the molecule is CC(=O)OCc1cc(COC(=O)S)c(S)c(COC(=O)S)c1. The number of carbonyl (C=O) groups excluding carboxylic acids is 3. The van der Waals surface area contributed by atoms with Gasteiger partial charge in [0.1, 0.15) is 19.8 Å². The van der Waals surface area contributed by atoms with Crippen LogP contribution in [0.2, 0.25) is 0 Å². The fourth-order valence-electron chi connectivity index (χ4n) is 1.60. The number of hydrogen-bond donors (Lipinski definition) is 3. The van der Waals surface area contributed by atoms with Gasteiger partial charge in [-0.05, 0) is 17.7 Å². The number of ether oxygens (including phenoxy) is 3. The van der Waals surface area contributed by atoms with Crippen LogP contribution < -0.4 is 0 Å². The van der Waals surface area contributed by atoms with Crippen molar-refractivity contribution >= 4 is 54.5 Å². The monoisotopic (exact) mass is 362 g/mol. The Kier molecular flexibility index (Phi) is 7.63. The molecule has 0 aliphatic rings. The third-order valence-corrected chi connectivity index (χ3v) is 3.30. The summed E-state index contributed by atoms with van der Waals surface area (Å²) in [4.78, 5) is 33.0. The van der Waals surface area contributed by atoms with E-state index in [4.69, 9.17) is 14.2 Å². The summed E-state index contributed by atoms with van der Waals surface area (Å²) < 4.78 is 14.6. The van der Waals surface area contributed by atoms with Crippen LogP contribution in [0, 0.1) is 0 Å². The molecule has 9 heteroatoms. The first-order chi connectivity index (χ1) is 10.3. The second-order valence-electron chi connectivity index (χ2n) is 4.15. The molecule has 0 aliphatic carbocycles. The van der Waals surface area contributed by atoms with Gasteiger partial charge in [0.25, 0.3) is 0 Å². The molecule has 120 valence electrons. The van der Waals surface area contributed by atoms with Gasteiger partial charge in [-0.3, -0.25) is 4.79 Å². The van der Waals surface area contributed by atoms with Crippen molar-refractivity contribution in [2.45, 2.75) is 31.6 Å². The quantitative estimate of drug-likeness (QED) is 0.410. The summed E-state index contributed by atoms with van der Waals surface area (Å²) in [5, 5.41) is -1.47. The van der Waals surface area contributed by atoms with Gasteiger partial charge in [-0.15, -0.1) is 12.6 Å². The Morgan fingerprint density at radius 3 is 1.73 bits per heavy atom. The van der Waals surface area contributed by atoms with Gasteiger partial charge >= 0.3 is 16.6 Å². The van der Waals surface area contributed by atoms with Gasteiger partial charge in [-0.2, -0.15) is 0 Å². The molecule has 0 atom stereocenters. The highest BCUT2D eigenvalue weighted by molar-refractivity contribution is 7.96. The molecule has 0 fully saturated rings. The number of thiol groups is 3. The first kappa shape index (κ1) is 18.7. The molecule has 1 aromatic carbocycles. The third kappa shape index (κ3) is 6.63. The van der Waals surface area contributed by atoms with Crippen LogP contribution in [-0.2, 0) is 38.8 Å². The van der Waals surface area contributed by atoms with Gasteiger partial charge < -0.3 is 14.2 Å². The molecule has 0 aromatic heterocycles. The molecular weight excluding hydrogens is 348 g/mol. The van der Waals surface area contributed by atoms with E-state index in [0.717, 1.165) is 0 Å². The lowest BCUT2D eigenvalue weighted by Gasteiger charge is -2.13. The lowest BCUT2D eigenvalue weighted by molar-refractivity contribution is -0.142. The minimum Gasteiger partial charge on any atom is -0.461 e. The molecule has 1 aromatic rings. The first-order valence-corrected chi connectivity index (χ1v) is 7.32. The molecule has 0 radical (unpaired) electrons. The van der Waals surface area contributed by atoms with Crippen molar-refractivity contribution in [3.8, 4) is 0 Å². The molecule has 0 N–H and O–H groups in total. The molecule has 6 nitrogen and oxygen atoms in total. The van der Waals surface area contributed by atoms with Gasteiger partial charge in [0.15, 0.2) is 0 Å². The summed E-state index contributed by atoms with van der Waals surface area (Å²) in [5.74, 6) is -0.429. The second kappa shape index (κ2) is 8.96. The van der Waals surface area contributed by atoms with Gasteiger partial charge in [-0.25, -0.2) is 9.59 Å². The van der Waals surface area contributed by atoms with Crippen molar-refractivity contribution in [1.82, 2.24) is 0 Å². The van der Waals surface area contributed by atoms with Crippen molar-refractivity contribution < 1.29 is 28.6 Å².